The highest BCUT2D eigenvalue weighted by Crippen LogP contribution is 2.45. The maximum absolute atomic E-state index is 6.20. The van der Waals surface area contributed by atoms with Gasteiger partial charge in [0, 0.05) is 143 Å². The molecule has 11 nitrogen and oxygen atoms in total. The first-order valence-corrected chi connectivity index (χ1v) is 48.5. The highest BCUT2D eigenvalue weighted by atomic mass is 16.3. The molecule has 0 bridgehead atoms. The molecule has 0 unspecified atom stereocenters. The monoisotopic (exact) mass is 1850 g/mol. The van der Waals surface area contributed by atoms with Gasteiger partial charge in [0.1, 0.15) is 61.4 Å². The normalized spacial score (nSPS) is 11.4. The summed E-state index contributed by atoms with van der Waals surface area (Å²) in [5, 5.41) is 45.6. The Kier molecular flexibility index (Phi) is 22.9. The number of fused-ring (bicyclic) bond motifs is 30. The molecule has 0 radical (unpaired) electrons. The Morgan fingerprint density at radius 3 is 1.03 bits per heavy atom. The van der Waals surface area contributed by atoms with Crippen molar-refractivity contribution in [3.05, 3.63) is 521 Å². The second-order valence-corrected chi connectivity index (χ2v) is 36.0. The Bertz CT molecular complexity index is 9890. The van der Waals surface area contributed by atoms with Gasteiger partial charge in [0.25, 0.3) is 0 Å². The van der Waals surface area contributed by atoms with Crippen LogP contribution in [0.2, 0.25) is 0 Å². The number of para-hydroxylation sites is 10. The summed E-state index contributed by atoms with van der Waals surface area (Å²) in [5.74, 6) is 0. The minimum absolute atomic E-state index is 0.896. The smallest absolute Gasteiger partial charge is 0.158 e. The Morgan fingerprint density at radius 1 is 0.132 bits per heavy atom. The fraction of sp³-hybridized carbons (Fsp3) is 0.00752. The van der Waals surface area contributed by atoms with Gasteiger partial charge in [-0.15, -0.1) is 0 Å². The van der Waals surface area contributed by atoms with Gasteiger partial charge in [-0.2, -0.15) is 0 Å². The van der Waals surface area contributed by atoms with E-state index in [1.807, 2.05) is 140 Å². The van der Waals surface area contributed by atoms with E-state index in [9.17, 15) is 0 Å². The summed E-state index contributed by atoms with van der Waals surface area (Å²) in [6.07, 6.45) is 0.953. The molecule has 684 valence electrons. The highest BCUT2D eigenvalue weighted by molar-refractivity contribution is 6.24. The average molecular weight is 1860 g/mol. The van der Waals surface area contributed by atoms with Crippen molar-refractivity contribution in [3.63, 3.8) is 0 Å². The van der Waals surface area contributed by atoms with Crippen molar-refractivity contribution in [3.8, 4) is 0 Å². The molecule has 6 aromatic heterocycles. The van der Waals surface area contributed by atoms with Crippen molar-refractivity contribution < 1.29 is 26.5 Å². The van der Waals surface area contributed by atoms with Crippen molar-refractivity contribution in [1.29, 1.82) is 0 Å². The van der Waals surface area contributed by atoms with E-state index in [1.54, 1.807) is 0 Å². The molecular weight excluding hydrogens is 1760 g/mol. The molecule has 144 heavy (non-hydrogen) atoms. The predicted octanol–water partition coefficient (Wildman–Crippen LogP) is 38.7. The van der Waals surface area contributed by atoms with Crippen LogP contribution in [0, 0.1) is 0 Å². The second kappa shape index (κ2) is 38.2. The van der Waals surface area contributed by atoms with Crippen molar-refractivity contribution in [1.82, 2.24) is 0 Å². The summed E-state index contributed by atoms with van der Waals surface area (Å²) in [7, 11) is 0. The largest absolute Gasteiger partial charge is 0.456 e. The SMILES string of the molecule is c1ccc(Cc2ccc3c(ccc4c5ccccc5oc34)c2)cc1.c1ccc(Nc2ccc3c(c2)oc2ccc4ccccc4c23)cc1.c1ccc(Nc2ccc3ccc4c5ccccc5oc4c3c2)cc1.c1ccc(Nc2cccc3c2ccc2c4ccccc4oc32)cc1.c1ccc(Nc2cccc3c2oc2ccc4ccccc4c23)cc1.c1ccc(Nc2cccc3ccc4c5ccccc5oc4c23)cc1. The van der Waals surface area contributed by atoms with Crippen LogP contribution in [-0.4, -0.2) is 0 Å². The first-order valence-electron chi connectivity index (χ1n) is 48.5. The van der Waals surface area contributed by atoms with Gasteiger partial charge in [-0.1, -0.05) is 340 Å². The van der Waals surface area contributed by atoms with Crippen LogP contribution in [0.1, 0.15) is 11.1 Å². The van der Waals surface area contributed by atoms with Crippen LogP contribution in [-0.2, 0) is 6.42 Å². The highest BCUT2D eigenvalue weighted by Gasteiger charge is 2.20. The van der Waals surface area contributed by atoms with Gasteiger partial charge in [0.05, 0.1) is 11.4 Å². The molecule has 0 aliphatic carbocycles. The Labute approximate surface area is 827 Å². The third-order valence-electron chi connectivity index (χ3n) is 26.9. The lowest BCUT2D eigenvalue weighted by Gasteiger charge is -2.10. The number of hydrogen-bond acceptors (Lipinski definition) is 11. The van der Waals surface area contributed by atoms with Crippen LogP contribution in [0.25, 0.3) is 196 Å². The Hall–Kier alpha value is -19.4. The van der Waals surface area contributed by atoms with E-state index < -0.39 is 0 Å². The fourth-order valence-corrected chi connectivity index (χ4v) is 20.1. The average Bonchev–Trinajstić information content (AvgIpc) is 1.62. The molecule has 0 saturated carbocycles. The van der Waals surface area contributed by atoms with Crippen LogP contribution in [0.15, 0.2) is 536 Å². The molecule has 6 heterocycles. The van der Waals surface area contributed by atoms with E-state index in [1.165, 1.54) is 75.8 Å². The van der Waals surface area contributed by atoms with Crippen LogP contribution in [0.5, 0.6) is 0 Å². The molecule has 5 N–H and O–H groups in total. The van der Waals surface area contributed by atoms with E-state index in [0.717, 1.165) is 195 Å². The minimum Gasteiger partial charge on any atom is -0.456 e. The van der Waals surface area contributed by atoms with Crippen LogP contribution >= 0.6 is 0 Å². The zero-order valence-corrected chi connectivity index (χ0v) is 78.2. The first kappa shape index (κ1) is 86.2. The molecule has 0 aliphatic rings. The molecule has 11 heteroatoms. The van der Waals surface area contributed by atoms with E-state index >= 15 is 0 Å². The molecule has 0 saturated heterocycles. The quantitative estimate of drug-likeness (QED) is 0.0799. The third-order valence-corrected chi connectivity index (χ3v) is 26.9. The molecule has 30 rings (SSSR count). The number of benzene rings is 24. The number of furan rings is 6. The molecular formula is C133H91N5O6. The van der Waals surface area contributed by atoms with Crippen molar-refractivity contribution in [2.45, 2.75) is 6.42 Å². The Balaban J connectivity index is 0.0000000905. The van der Waals surface area contributed by atoms with E-state index in [0.29, 0.717) is 0 Å². The van der Waals surface area contributed by atoms with Crippen molar-refractivity contribution in [2.24, 2.45) is 0 Å². The zero-order valence-electron chi connectivity index (χ0n) is 78.2. The summed E-state index contributed by atoms with van der Waals surface area (Å²) in [4.78, 5) is 0. The van der Waals surface area contributed by atoms with Crippen LogP contribution in [0.3, 0.4) is 0 Å². The van der Waals surface area contributed by atoms with E-state index in [4.69, 9.17) is 26.5 Å². The number of nitrogens with one attached hydrogen (secondary N) is 5. The van der Waals surface area contributed by atoms with Crippen molar-refractivity contribution >= 4 is 253 Å². The summed E-state index contributed by atoms with van der Waals surface area (Å²) in [5.41, 5.74) is 24.4. The van der Waals surface area contributed by atoms with Gasteiger partial charge >= 0.3 is 0 Å². The summed E-state index contributed by atoms with van der Waals surface area (Å²) < 4.78 is 36.9. The van der Waals surface area contributed by atoms with Gasteiger partial charge in [-0.3, -0.25) is 0 Å². The number of hydrogen-bond donors (Lipinski definition) is 5. The summed E-state index contributed by atoms with van der Waals surface area (Å²) in [6, 6.07) is 175. The molecule has 24 aromatic carbocycles. The van der Waals surface area contributed by atoms with Gasteiger partial charge in [-0.25, -0.2) is 0 Å². The first-order chi connectivity index (χ1) is 71.3. The molecule has 0 amide bonds. The molecule has 0 fully saturated rings. The Morgan fingerprint density at radius 2 is 0.465 bits per heavy atom. The number of rotatable bonds is 12. The molecule has 0 aliphatic heterocycles. The van der Waals surface area contributed by atoms with E-state index in [-0.39, 0.29) is 0 Å². The van der Waals surface area contributed by atoms with Gasteiger partial charge < -0.3 is 53.1 Å². The maximum atomic E-state index is 6.20. The zero-order chi connectivity index (χ0) is 95.6. The lowest BCUT2D eigenvalue weighted by Crippen LogP contribution is -1.91. The lowest BCUT2D eigenvalue weighted by molar-refractivity contribution is 0.669. The standard InChI is InChI=1S/C23H16O.5C22H15NO/c1-2-6-16(7-3-1)14-17-10-12-19-18(15-17)11-13-21-20-8-4-5-9-22(20)24-23(19)21;1-2-8-16(9-3-1)23-19-11-6-7-15-13-14-18-17-10-4-5-12-20(17)24-22(18)21(15)19;1-2-8-16(9-3-1)23-19-12-6-11-18-21-17-10-5-4-7-15(17)13-14-20(21)24-22(18)19;1-2-7-15(8-3-1)23-20-11-6-10-18-16(20)13-14-19-17-9-4-5-12-21(17)24-22(18)19;1-2-7-16(8-3-1)23-17-11-12-19-21(14-17)24-20-13-10-15-6-4-5-9-18(15)22(19)20;1-2-6-16(7-3-1)23-17-12-10-15-11-13-19-18-8-4-5-9-21(18)24-22(19)20(15)14-17/h1-13,15H,14H2;5*1-14,23H. The maximum Gasteiger partial charge on any atom is 0.158 e. The van der Waals surface area contributed by atoms with E-state index in [2.05, 4.69) is 397 Å². The molecule has 0 atom stereocenters. The van der Waals surface area contributed by atoms with Gasteiger partial charge in [0.2, 0.25) is 0 Å². The fourth-order valence-electron chi connectivity index (χ4n) is 20.1. The topological polar surface area (TPSA) is 139 Å². The summed E-state index contributed by atoms with van der Waals surface area (Å²) >= 11 is 0. The summed E-state index contributed by atoms with van der Waals surface area (Å²) in [6.45, 7) is 0. The molecule has 30 aromatic rings. The second-order valence-electron chi connectivity index (χ2n) is 36.0. The lowest BCUT2D eigenvalue weighted by atomic mass is 10.00. The minimum atomic E-state index is 0.896. The van der Waals surface area contributed by atoms with Gasteiger partial charge in [0.15, 0.2) is 5.58 Å². The number of anilines is 10. The predicted molar refractivity (Wildman–Crippen MR) is 605 cm³/mol. The molecule has 0 spiro atoms. The van der Waals surface area contributed by atoms with Gasteiger partial charge in [-0.05, 0) is 219 Å². The van der Waals surface area contributed by atoms with Crippen LogP contribution in [0.4, 0.5) is 56.9 Å². The van der Waals surface area contributed by atoms with Crippen molar-refractivity contribution in [2.75, 3.05) is 26.6 Å². The third kappa shape index (κ3) is 17.1. The van der Waals surface area contributed by atoms with Crippen LogP contribution < -0.4 is 26.6 Å².